The van der Waals surface area contributed by atoms with E-state index in [4.69, 9.17) is 0 Å². The van der Waals surface area contributed by atoms with Crippen molar-refractivity contribution in [3.63, 3.8) is 0 Å². The second kappa shape index (κ2) is 6.41. The topological polar surface area (TPSA) is 47.6 Å². The zero-order valence-electron chi connectivity index (χ0n) is 12.6. The zero-order chi connectivity index (χ0) is 13.9. The first-order valence-electron chi connectivity index (χ1n) is 8.20. The highest BCUT2D eigenvalue weighted by Gasteiger charge is 2.32. The molecule has 0 bridgehead atoms. The average Bonchev–Trinajstić information content (AvgIpc) is 3.27. The third kappa shape index (κ3) is 3.71. The maximum Gasteiger partial charge on any atom is 0.234 e. The van der Waals surface area contributed by atoms with Crippen LogP contribution in [0.15, 0.2) is 0 Å². The van der Waals surface area contributed by atoms with E-state index in [1.807, 2.05) is 0 Å². The van der Waals surface area contributed by atoms with E-state index in [-0.39, 0.29) is 5.91 Å². The minimum atomic E-state index is 0.212. The second-order valence-electron chi connectivity index (χ2n) is 6.63. The lowest BCUT2D eigenvalue weighted by molar-refractivity contribution is -0.124. The van der Waals surface area contributed by atoms with Crippen molar-refractivity contribution in [2.45, 2.75) is 50.7 Å². The predicted octanol–water partition coefficient (Wildman–Crippen LogP) is 0.0231. The summed E-state index contributed by atoms with van der Waals surface area (Å²) in [4.78, 5) is 17.0. The van der Waals surface area contributed by atoms with Crippen molar-refractivity contribution in [1.82, 2.24) is 20.4 Å². The lowest BCUT2D eigenvalue weighted by atomic mass is 10.0. The molecule has 5 heteroatoms. The third-order valence-corrected chi connectivity index (χ3v) is 4.94. The number of piperazine rings is 1. The summed E-state index contributed by atoms with van der Waals surface area (Å²) in [6.07, 6.45) is 5.02. The van der Waals surface area contributed by atoms with E-state index < -0.39 is 0 Å². The van der Waals surface area contributed by atoms with E-state index in [0.29, 0.717) is 18.6 Å². The van der Waals surface area contributed by atoms with Crippen molar-refractivity contribution in [3.8, 4) is 0 Å². The summed E-state index contributed by atoms with van der Waals surface area (Å²) < 4.78 is 0. The molecule has 20 heavy (non-hydrogen) atoms. The van der Waals surface area contributed by atoms with Gasteiger partial charge in [0, 0.05) is 50.8 Å². The second-order valence-corrected chi connectivity index (χ2v) is 6.63. The molecule has 0 radical (unpaired) electrons. The summed E-state index contributed by atoms with van der Waals surface area (Å²) >= 11 is 0. The number of amides is 1. The molecule has 2 aliphatic heterocycles. The fourth-order valence-corrected chi connectivity index (χ4v) is 3.42. The molecule has 3 aliphatic rings. The first-order valence-corrected chi connectivity index (χ1v) is 8.20. The Balaban J connectivity index is 1.38. The van der Waals surface area contributed by atoms with Crippen LogP contribution < -0.4 is 10.6 Å². The molecule has 0 aromatic carbocycles. The molecule has 1 atom stereocenters. The van der Waals surface area contributed by atoms with Crippen molar-refractivity contribution in [3.05, 3.63) is 0 Å². The minimum absolute atomic E-state index is 0.212. The molecular weight excluding hydrogens is 252 g/mol. The van der Waals surface area contributed by atoms with Crippen molar-refractivity contribution in [2.24, 2.45) is 0 Å². The van der Waals surface area contributed by atoms with Gasteiger partial charge in [0.2, 0.25) is 5.91 Å². The molecule has 0 aromatic heterocycles. The number of nitrogens with one attached hydrogen (secondary N) is 2. The summed E-state index contributed by atoms with van der Waals surface area (Å²) in [5.41, 5.74) is 0. The van der Waals surface area contributed by atoms with Crippen LogP contribution in [0.2, 0.25) is 0 Å². The molecule has 3 rings (SSSR count). The lowest BCUT2D eigenvalue weighted by Crippen LogP contribution is -2.54. The first kappa shape index (κ1) is 14.3. The zero-order valence-corrected chi connectivity index (χ0v) is 12.6. The molecule has 2 saturated heterocycles. The smallest absolute Gasteiger partial charge is 0.234 e. The van der Waals surface area contributed by atoms with Crippen LogP contribution in [0.1, 0.15) is 32.6 Å². The number of carbonyl (C=O) groups excluding carboxylic acids is 1. The Morgan fingerprint density at radius 2 is 1.95 bits per heavy atom. The highest BCUT2D eigenvalue weighted by atomic mass is 16.2. The summed E-state index contributed by atoms with van der Waals surface area (Å²) in [7, 11) is 0. The molecule has 1 amide bonds. The highest BCUT2D eigenvalue weighted by molar-refractivity contribution is 5.78. The van der Waals surface area contributed by atoms with Crippen LogP contribution >= 0.6 is 0 Å². The maximum absolute atomic E-state index is 12.2. The van der Waals surface area contributed by atoms with Gasteiger partial charge in [-0.25, -0.2) is 0 Å². The molecule has 2 heterocycles. The van der Waals surface area contributed by atoms with Gasteiger partial charge in [0.05, 0.1) is 6.54 Å². The summed E-state index contributed by atoms with van der Waals surface area (Å²) in [6.45, 7) is 8.05. The number of nitrogens with zero attached hydrogens (tertiary/aromatic N) is 2. The lowest BCUT2D eigenvalue weighted by Gasteiger charge is -2.35. The van der Waals surface area contributed by atoms with Gasteiger partial charge in [-0.15, -0.1) is 0 Å². The predicted molar refractivity (Wildman–Crippen MR) is 79.7 cm³/mol. The molecule has 5 nitrogen and oxygen atoms in total. The SMILES string of the molecule is C[C@@H]1CNCCN1CC(=O)NC1CCN(C2CC2)CC1. The largest absolute Gasteiger partial charge is 0.352 e. The third-order valence-electron chi connectivity index (χ3n) is 4.94. The van der Waals surface area contributed by atoms with Crippen molar-refractivity contribution in [2.75, 3.05) is 39.3 Å². The Kier molecular flexibility index (Phi) is 4.58. The van der Waals surface area contributed by atoms with E-state index in [9.17, 15) is 4.79 Å². The van der Waals surface area contributed by atoms with Crippen molar-refractivity contribution >= 4 is 5.91 Å². The van der Waals surface area contributed by atoms with Gasteiger partial charge < -0.3 is 15.5 Å². The van der Waals surface area contributed by atoms with E-state index in [1.54, 1.807) is 0 Å². The molecule has 1 saturated carbocycles. The van der Waals surface area contributed by atoms with Gasteiger partial charge in [0.1, 0.15) is 0 Å². The number of hydrogen-bond donors (Lipinski definition) is 2. The highest BCUT2D eigenvalue weighted by Crippen LogP contribution is 2.29. The Labute approximate surface area is 122 Å². The molecule has 3 fully saturated rings. The molecule has 2 N–H and O–H groups in total. The number of carbonyl (C=O) groups is 1. The first-order chi connectivity index (χ1) is 9.72. The quantitative estimate of drug-likeness (QED) is 0.762. The monoisotopic (exact) mass is 280 g/mol. The van der Waals surface area contributed by atoms with Crippen LogP contribution in [0.3, 0.4) is 0 Å². The van der Waals surface area contributed by atoms with Crippen molar-refractivity contribution < 1.29 is 4.79 Å². The van der Waals surface area contributed by atoms with Crippen LogP contribution in [0.5, 0.6) is 0 Å². The number of likely N-dealkylation sites (tertiary alicyclic amines) is 1. The average molecular weight is 280 g/mol. The van der Waals surface area contributed by atoms with Gasteiger partial charge in [0.25, 0.3) is 0 Å². The fourth-order valence-electron chi connectivity index (χ4n) is 3.42. The Morgan fingerprint density at radius 1 is 1.20 bits per heavy atom. The van der Waals surface area contributed by atoms with Gasteiger partial charge >= 0.3 is 0 Å². The van der Waals surface area contributed by atoms with Gasteiger partial charge in [-0.1, -0.05) is 0 Å². The van der Waals surface area contributed by atoms with Crippen molar-refractivity contribution in [1.29, 1.82) is 0 Å². The minimum Gasteiger partial charge on any atom is -0.352 e. The number of hydrogen-bond acceptors (Lipinski definition) is 4. The van der Waals surface area contributed by atoms with Gasteiger partial charge in [-0.2, -0.15) is 0 Å². The standard InChI is InChI=1S/C15H28N4O/c1-12-10-16-6-9-19(12)11-15(20)17-13-4-7-18(8-5-13)14-2-3-14/h12-14,16H,2-11H2,1H3,(H,17,20)/t12-/m1/s1. The van der Waals surface area contributed by atoms with Crippen LogP contribution in [-0.4, -0.2) is 73.1 Å². The van der Waals surface area contributed by atoms with Crippen LogP contribution in [0, 0.1) is 0 Å². The normalized spacial score (nSPS) is 30.4. The van der Waals surface area contributed by atoms with E-state index >= 15 is 0 Å². The number of rotatable bonds is 4. The van der Waals surface area contributed by atoms with E-state index in [2.05, 4.69) is 27.4 Å². The molecule has 1 aliphatic carbocycles. The Hall–Kier alpha value is -0.650. The van der Waals surface area contributed by atoms with Crippen LogP contribution in [0.4, 0.5) is 0 Å². The summed E-state index contributed by atoms with van der Waals surface area (Å²) in [5, 5.41) is 6.60. The molecule has 0 spiro atoms. The number of piperidine rings is 1. The van der Waals surface area contributed by atoms with Gasteiger partial charge in [-0.05, 0) is 32.6 Å². The summed E-state index contributed by atoms with van der Waals surface area (Å²) in [5.74, 6) is 0.212. The molecule has 114 valence electrons. The van der Waals surface area contributed by atoms with Gasteiger partial charge in [-0.3, -0.25) is 9.69 Å². The fraction of sp³-hybridized carbons (Fsp3) is 0.933. The van der Waals surface area contributed by atoms with Crippen LogP contribution in [-0.2, 0) is 4.79 Å². The van der Waals surface area contributed by atoms with Gasteiger partial charge in [0.15, 0.2) is 0 Å². The Bertz CT molecular complexity index is 337. The maximum atomic E-state index is 12.2. The Morgan fingerprint density at radius 3 is 2.60 bits per heavy atom. The molecule has 0 aromatic rings. The molecular formula is C15H28N4O. The van der Waals surface area contributed by atoms with E-state index in [0.717, 1.165) is 38.5 Å². The van der Waals surface area contributed by atoms with Crippen LogP contribution in [0.25, 0.3) is 0 Å². The van der Waals surface area contributed by atoms with E-state index in [1.165, 1.54) is 25.9 Å². The molecule has 0 unspecified atom stereocenters. The summed E-state index contributed by atoms with van der Waals surface area (Å²) in [6, 6.07) is 1.73.